The maximum Gasteiger partial charge on any atom is 0.252 e. The number of benzene rings is 3. The first-order valence-corrected chi connectivity index (χ1v) is 10.5. The molecule has 0 radical (unpaired) electrons. The minimum absolute atomic E-state index is 0.00441. The molecule has 1 aromatic heterocycles. The number of nitrogens with two attached hydrogens (primary N) is 1. The summed E-state index contributed by atoms with van der Waals surface area (Å²) >= 11 is 0. The quantitative estimate of drug-likeness (QED) is 0.409. The van der Waals surface area contributed by atoms with Crippen molar-refractivity contribution in [2.24, 2.45) is 5.73 Å². The molecule has 0 aliphatic heterocycles. The number of anilines is 2. The van der Waals surface area contributed by atoms with E-state index in [9.17, 15) is 22.7 Å². The number of nitrogens with zero attached hydrogens (tertiary/aromatic N) is 1. The van der Waals surface area contributed by atoms with Gasteiger partial charge >= 0.3 is 0 Å². The molecule has 1 amide bonds. The minimum Gasteiger partial charge on any atom is -0.505 e. The summed E-state index contributed by atoms with van der Waals surface area (Å²) in [6, 6.07) is 15.8. The van der Waals surface area contributed by atoms with E-state index in [-0.39, 0.29) is 26.7 Å². The fourth-order valence-electron chi connectivity index (χ4n) is 3.13. The highest BCUT2D eigenvalue weighted by Crippen LogP contribution is 2.33. The van der Waals surface area contributed by atoms with E-state index in [4.69, 9.17) is 5.73 Å². The van der Waals surface area contributed by atoms with Gasteiger partial charge < -0.3 is 16.2 Å². The number of aromatic nitrogens is 1. The molecule has 156 valence electrons. The van der Waals surface area contributed by atoms with Crippen molar-refractivity contribution in [3.63, 3.8) is 0 Å². The lowest BCUT2D eigenvalue weighted by molar-refractivity contribution is 0.100. The van der Waals surface area contributed by atoms with Crippen LogP contribution in [0, 0.1) is 5.82 Å². The third-order valence-electron chi connectivity index (χ3n) is 4.69. The van der Waals surface area contributed by atoms with E-state index in [0.717, 1.165) is 12.1 Å². The number of carbonyl (C=O) groups is 1. The number of sulfone groups is 1. The lowest BCUT2D eigenvalue weighted by Crippen LogP contribution is -2.14. The van der Waals surface area contributed by atoms with E-state index in [1.54, 1.807) is 18.2 Å². The predicted octanol–water partition coefficient (Wildman–Crippen LogP) is 3.75. The first-order valence-electron chi connectivity index (χ1n) is 9.05. The molecular weight excluding hydrogens is 421 g/mol. The van der Waals surface area contributed by atoms with Gasteiger partial charge in [0.1, 0.15) is 0 Å². The monoisotopic (exact) mass is 437 g/mol. The Morgan fingerprint density at radius 3 is 2.42 bits per heavy atom. The van der Waals surface area contributed by atoms with Crippen LogP contribution in [-0.4, -0.2) is 24.4 Å². The second kappa shape index (κ2) is 7.69. The smallest absolute Gasteiger partial charge is 0.252 e. The SMILES string of the molecule is NC(=O)c1cnc2ccc(S(=O)(=O)c3ccccc3)cc2c1Nc1ccc(O)c(F)c1. The Kier molecular flexibility index (Phi) is 5.04. The topological polar surface area (TPSA) is 122 Å². The highest BCUT2D eigenvalue weighted by molar-refractivity contribution is 7.91. The average molecular weight is 437 g/mol. The minimum atomic E-state index is -3.83. The Bertz CT molecular complexity index is 1420. The molecule has 9 heteroatoms. The van der Waals surface area contributed by atoms with Crippen LogP contribution in [0.15, 0.2) is 82.7 Å². The summed E-state index contributed by atoms with van der Waals surface area (Å²) in [5, 5.41) is 12.6. The largest absolute Gasteiger partial charge is 0.505 e. The van der Waals surface area contributed by atoms with Gasteiger partial charge in [0.15, 0.2) is 11.6 Å². The molecule has 0 saturated heterocycles. The Hall–Kier alpha value is -3.98. The van der Waals surface area contributed by atoms with Crippen LogP contribution in [-0.2, 0) is 9.84 Å². The molecule has 0 fully saturated rings. The molecule has 0 bridgehead atoms. The number of fused-ring (bicyclic) bond motifs is 1. The Morgan fingerprint density at radius 1 is 1.00 bits per heavy atom. The molecule has 4 rings (SSSR count). The molecule has 4 N–H and O–H groups in total. The molecule has 3 aromatic carbocycles. The molecule has 0 spiro atoms. The fraction of sp³-hybridized carbons (Fsp3) is 0. The summed E-state index contributed by atoms with van der Waals surface area (Å²) < 4.78 is 39.9. The molecule has 31 heavy (non-hydrogen) atoms. The summed E-state index contributed by atoms with van der Waals surface area (Å²) in [5.74, 6) is -2.19. The highest BCUT2D eigenvalue weighted by Gasteiger charge is 2.20. The van der Waals surface area contributed by atoms with Gasteiger partial charge in [-0.2, -0.15) is 0 Å². The van der Waals surface area contributed by atoms with Crippen molar-refractivity contribution in [1.29, 1.82) is 0 Å². The van der Waals surface area contributed by atoms with Crippen molar-refractivity contribution in [2.45, 2.75) is 9.79 Å². The first kappa shape index (κ1) is 20.3. The van der Waals surface area contributed by atoms with Crippen molar-refractivity contribution in [2.75, 3.05) is 5.32 Å². The lowest BCUT2D eigenvalue weighted by atomic mass is 10.1. The van der Waals surface area contributed by atoms with Crippen molar-refractivity contribution < 1.29 is 22.7 Å². The van der Waals surface area contributed by atoms with Crippen LogP contribution in [0.2, 0.25) is 0 Å². The zero-order valence-electron chi connectivity index (χ0n) is 15.9. The van der Waals surface area contributed by atoms with Gasteiger partial charge in [0, 0.05) is 23.3 Å². The van der Waals surface area contributed by atoms with E-state index in [1.165, 1.54) is 42.6 Å². The van der Waals surface area contributed by atoms with E-state index < -0.39 is 27.3 Å². The highest BCUT2D eigenvalue weighted by atomic mass is 32.2. The number of nitrogens with one attached hydrogen (secondary N) is 1. The number of phenolic OH excluding ortho intramolecular Hbond substituents is 1. The number of phenols is 1. The average Bonchev–Trinajstić information content (AvgIpc) is 2.76. The summed E-state index contributed by atoms with van der Waals surface area (Å²) in [6.07, 6.45) is 1.26. The number of carbonyl (C=O) groups excluding carboxylic acids is 1. The number of aromatic hydroxyl groups is 1. The van der Waals surface area contributed by atoms with Gasteiger partial charge in [0.25, 0.3) is 5.91 Å². The molecule has 7 nitrogen and oxygen atoms in total. The molecule has 0 aliphatic rings. The summed E-state index contributed by atoms with van der Waals surface area (Å²) in [5.41, 5.74) is 6.27. The number of hydrogen-bond donors (Lipinski definition) is 3. The molecule has 0 atom stereocenters. The molecule has 4 aromatic rings. The molecule has 0 unspecified atom stereocenters. The normalized spacial score (nSPS) is 11.4. The third kappa shape index (κ3) is 3.78. The second-order valence-electron chi connectivity index (χ2n) is 6.70. The molecular formula is C22H16FN3O4S. The van der Waals surface area contributed by atoms with Crippen molar-refractivity contribution in [3.8, 4) is 5.75 Å². The predicted molar refractivity (Wildman–Crippen MR) is 114 cm³/mol. The van der Waals surface area contributed by atoms with Gasteiger partial charge in [-0.3, -0.25) is 9.78 Å². The number of halogens is 1. The summed E-state index contributed by atoms with van der Waals surface area (Å²) in [4.78, 5) is 16.3. The Labute approximate surface area is 176 Å². The standard InChI is InChI=1S/C22H16FN3O4S/c23-18-10-13(6-9-20(18)27)26-21-16-11-15(31(29,30)14-4-2-1-3-5-14)7-8-19(16)25-12-17(21)22(24)28/h1-12,27H,(H2,24,28)(H,25,26). The first-order chi connectivity index (χ1) is 14.8. The van der Waals surface area contributed by atoms with Gasteiger partial charge in [-0.15, -0.1) is 0 Å². The van der Waals surface area contributed by atoms with Gasteiger partial charge in [-0.1, -0.05) is 18.2 Å². The molecule has 1 heterocycles. The van der Waals surface area contributed by atoms with Crippen LogP contribution >= 0.6 is 0 Å². The second-order valence-corrected chi connectivity index (χ2v) is 8.65. The number of primary amides is 1. The fourth-order valence-corrected chi connectivity index (χ4v) is 4.43. The van der Waals surface area contributed by atoms with Crippen molar-refractivity contribution in [1.82, 2.24) is 4.98 Å². The van der Waals surface area contributed by atoms with Crippen LogP contribution in [0.3, 0.4) is 0 Å². The van der Waals surface area contributed by atoms with Crippen molar-refractivity contribution >= 4 is 38.0 Å². The third-order valence-corrected chi connectivity index (χ3v) is 6.45. The Balaban J connectivity index is 1.92. The van der Waals surface area contributed by atoms with E-state index in [2.05, 4.69) is 10.3 Å². The zero-order valence-corrected chi connectivity index (χ0v) is 16.7. The van der Waals surface area contributed by atoms with E-state index in [1.807, 2.05) is 0 Å². The number of pyridine rings is 1. The molecule has 0 saturated carbocycles. The molecule has 0 aliphatic carbocycles. The van der Waals surface area contributed by atoms with Gasteiger partial charge in [0.2, 0.25) is 9.84 Å². The lowest BCUT2D eigenvalue weighted by Gasteiger charge is -2.14. The van der Waals surface area contributed by atoms with Gasteiger partial charge in [-0.05, 0) is 42.5 Å². The van der Waals surface area contributed by atoms with Crippen LogP contribution in [0.25, 0.3) is 10.9 Å². The van der Waals surface area contributed by atoms with Gasteiger partial charge in [0.05, 0.1) is 26.6 Å². The maximum absolute atomic E-state index is 13.8. The van der Waals surface area contributed by atoms with Crippen LogP contribution in [0.1, 0.15) is 10.4 Å². The van der Waals surface area contributed by atoms with Crippen LogP contribution < -0.4 is 11.1 Å². The van der Waals surface area contributed by atoms with Gasteiger partial charge in [-0.25, -0.2) is 12.8 Å². The van der Waals surface area contributed by atoms with E-state index >= 15 is 0 Å². The maximum atomic E-state index is 13.8. The number of amides is 1. The van der Waals surface area contributed by atoms with Crippen LogP contribution in [0.4, 0.5) is 15.8 Å². The van der Waals surface area contributed by atoms with Crippen LogP contribution in [0.5, 0.6) is 5.75 Å². The summed E-state index contributed by atoms with van der Waals surface area (Å²) in [6.45, 7) is 0. The zero-order chi connectivity index (χ0) is 22.2. The Morgan fingerprint density at radius 2 is 1.74 bits per heavy atom. The number of hydrogen-bond acceptors (Lipinski definition) is 6. The van der Waals surface area contributed by atoms with Crippen molar-refractivity contribution in [3.05, 3.63) is 84.3 Å². The summed E-state index contributed by atoms with van der Waals surface area (Å²) in [7, 11) is -3.83. The van der Waals surface area contributed by atoms with E-state index in [0.29, 0.717) is 10.9 Å². The number of rotatable bonds is 5.